The van der Waals surface area contributed by atoms with Gasteiger partial charge in [-0.3, -0.25) is 9.59 Å². The van der Waals surface area contributed by atoms with E-state index in [0.29, 0.717) is 0 Å². The van der Waals surface area contributed by atoms with E-state index >= 15 is 0 Å². The smallest absolute Gasteiger partial charge is 0.295 e. The molecule has 3 aromatic rings. The summed E-state index contributed by atoms with van der Waals surface area (Å²) in [5.74, 6) is -2.66. The maximum absolute atomic E-state index is 14.8. The van der Waals surface area contributed by atoms with Gasteiger partial charge in [-0.05, 0) is 29.6 Å². The minimum Gasteiger partial charge on any atom is -0.507 e. The molecule has 0 saturated carbocycles. The van der Waals surface area contributed by atoms with Crippen LogP contribution in [-0.2, 0) is 16.1 Å². The van der Waals surface area contributed by atoms with Crippen LogP contribution in [0.15, 0.2) is 59.5 Å². The van der Waals surface area contributed by atoms with E-state index in [1.165, 1.54) is 53.7 Å². The van der Waals surface area contributed by atoms with Crippen molar-refractivity contribution in [3.8, 4) is 5.75 Å². The number of benzene rings is 2. The second kappa shape index (κ2) is 8.94. The number of Topliss-reactive ketones (excluding diaryl/α,β-unsaturated/α-hetero) is 1. The molecule has 1 atom stereocenters. The Morgan fingerprint density at radius 2 is 1.84 bits per heavy atom. The summed E-state index contributed by atoms with van der Waals surface area (Å²) in [5.41, 5.74) is -0.0410. The Bertz CT molecular complexity index is 1220. The third kappa shape index (κ3) is 3.88. The summed E-state index contributed by atoms with van der Waals surface area (Å²) in [6, 6.07) is 11.1. The van der Waals surface area contributed by atoms with Crippen LogP contribution in [0.2, 0.25) is 10.0 Å². The number of hydrogen-bond acceptors (Lipinski definition) is 5. The quantitative estimate of drug-likeness (QED) is 0.277. The van der Waals surface area contributed by atoms with Crippen molar-refractivity contribution in [3.05, 3.63) is 91.4 Å². The number of ketones is 1. The van der Waals surface area contributed by atoms with Crippen LogP contribution in [0.1, 0.15) is 22.0 Å². The number of nitrogens with zero attached hydrogens (tertiary/aromatic N) is 1. The minimum atomic E-state index is -1.13. The Hall–Kier alpha value is -2.87. The van der Waals surface area contributed by atoms with Gasteiger partial charge in [0.15, 0.2) is 5.75 Å². The molecule has 1 amide bonds. The summed E-state index contributed by atoms with van der Waals surface area (Å²) < 4.78 is 19.9. The zero-order valence-electron chi connectivity index (χ0n) is 16.6. The first kappa shape index (κ1) is 22.3. The van der Waals surface area contributed by atoms with Gasteiger partial charge in [-0.25, -0.2) is 4.39 Å². The number of aliphatic hydroxyl groups excluding tert-OH is 1. The maximum atomic E-state index is 14.8. The lowest BCUT2D eigenvalue weighted by Gasteiger charge is -2.25. The molecule has 2 heterocycles. The lowest BCUT2D eigenvalue weighted by Crippen LogP contribution is -2.29. The van der Waals surface area contributed by atoms with Crippen molar-refractivity contribution in [2.45, 2.75) is 12.6 Å². The lowest BCUT2D eigenvalue weighted by molar-refractivity contribution is -0.140. The molecule has 1 fully saturated rings. The van der Waals surface area contributed by atoms with Crippen molar-refractivity contribution in [1.82, 2.24) is 4.90 Å². The van der Waals surface area contributed by atoms with Gasteiger partial charge in [-0.15, -0.1) is 11.3 Å². The Labute approximate surface area is 197 Å². The van der Waals surface area contributed by atoms with Gasteiger partial charge in [-0.2, -0.15) is 0 Å². The van der Waals surface area contributed by atoms with Gasteiger partial charge in [-0.1, -0.05) is 47.5 Å². The van der Waals surface area contributed by atoms with Gasteiger partial charge in [0.2, 0.25) is 0 Å². The minimum absolute atomic E-state index is 0.0855. The number of carbonyl (C=O) groups is 2. The maximum Gasteiger partial charge on any atom is 0.295 e. The van der Waals surface area contributed by atoms with E-state index in [9.17, 15) is 19.1 Å². The number of aliphatic hydroxyl groups is 1. The molecule has 1 aliphatic rings. The lowest BCUT2D eigenvalue weighted by atomic mass is 9.95. The topological polar surface area (TPSA) is 66.8 Å². The predicted molar refractivity (Wildman–Crippen MR) is 122 cm³/mol. The van der Waals surface area contributed by atoms with E-state index in [4.69, 9.17) is 27.9 Å². The summed E-state index contributed by atoms with van der Waals surface area (Å²) in [6.45, 7) is 0.0855. The molecule has 1 aliphatic heterocycles. The molecule has 0 aliphatic carbocycles. The normalized spacial score (nSPS) is 17.8. The van der Waals surface area contributed by atoms with Crippen molar-refractivity contribution < 1.29 is 23.8 Å². The summed E-state index contributed by atoms with van der Waals surface area (Å²) in [5, 5.41) is 13.1. The third-order valence-electron chi connectivity index (χ3n) is 5.12. The highest BCUT2D eigenvalue weighted by Gasteiger charge is 2.47. The number of hydrogen-bond donors (Lipinski definition) is 1. The summed E-state index contributed by atoms with van der Waals surface area (Å²) in [7, 11) is 1.39. The molecular weight excluding hydrogens is 476 g/mol. The number of ether oxygens (including phenoxy) is 1. The molecule has 164 valence electrons. The average molecular weight is 492 g/mol. The van der Waals surface area contributed by atoms with Crippen LogP contribution >= 0.6 is 34.5 Å². The number of amides is 1. The molecule has 0 spiro atoms. The molecule has 0 bridgehead atoms. The fourth-order valence-corrected chi connectivity index (χ4v) is 5.02. The summed E-state index contributed by atoms with van der Waals surface area (Å²) >= 11 is 13.8. The predicted octanol–water partition coefficient (Wildman–Crippen LogP) is 5.82. The molecule has 1 aromatic heterocycles. The highest BCUT2D eigenvalue weighted by Crippen LogP contribution is 2.43. The standard InChI is InChI=1S/C23H16Cl2FNO4S/c1-31-22-15(24)9-12(10-16(22)25)20(28)18-19(14-6-2-3-7-17(14)26)27(23(30)21(18)29)11-13-5-4-8-32-13/h2-10,19,28H,11H2,1H3/b20-18+. The molecule has 1 N–H and O–H groups in total. The van der Waals surface area contributed by atoms with Gasteiger partial charge in [0.05, 0.1) is 35.3 Å². The molecule has 5 nitrogen and oxygen atoms in total. The SMILES string of the molecule is COc1c(Cl)cc(/C(O)=C2\C(=O)C(=O)N(Cc3cccs3)C2c2ccccc2F)cc1Cl. The molecule has 9 heteroatoms. The largest absolute Gasteiger partial charge is 0.507 e. The van der Waals surface area contributed by atoms with Gasteiger partial charge in [0, 0.05) is 16.0 Å². The van der Waals surface area contributed by atoms with E-state index in [1.54, 1.807) is 6.07 Å². The second-order valence-electron chi connectivity index (χ2n) is 7.00. The van der Waals surface area contributed by atoms with Crippen LogP contribution in [0.5, 0.6) is 5.75 Å². The first-order valence-electron chi connectivity index (χ1n) is 9.42. The van der Waals surface area contributed by atoms with Gasteiger partial charge in [0.25, 0.3) is 11.7 Å². The highest BCUT2D eigenvalue weighted by molar-refractivity contribution is 7.09. The van der Waals surface area contributed by atoms with Crippen molar-refractivity contribution in [3.63, 3.8) is 0 Å². The van der Waals surface area contributed by atoms with Crippen LogP contribution in [0.25, 0.3) is 5.76 Å². The van der Waals surface area contributed by atoms with E-state index in [2.05, 4.69) is 0 Å². The highest BCUT2D eigenvalue weighted by atomic mass is 35.5. The third-order valence-corrected chi connectivity index (χ3v) is 6.54. The van der Waals surface area contributed by atoms with Crippen LogP contribution in [0.4, 0.5) is 4.39 Å². The van der Waals surface area contributed by atoms with E-state index < -0.39 is 29.3 Å². The number of halogens is 3. The van der Waals surface area contributed by atoms with Gasteiger partial charge < -0.3 is 14.7 Å². The van der Waals surface area contributed by atoms with Crippen LogP contribution in [0.3, 0.4) is 0 Å². The number of thiophene rings is 1. The van der Waals surface area contributed by atoms with E-state index in [0.717, 1.165) is 4.88 Å². The fourth-order valence-electron chi connectivity index (χ4n) is 3.68. The van der Waals surface area contributed by atoms with Crippen molar-refractivity contribution >= 4 is 52.0 Å². The Morgan fingerprint density at radius 1 is 1.16 bits per heavy atom. The summed E-state index contributed by atoms with van der Waals surface area (Å²) in [6.07, 6.45) is 0. The van der Waals surface area contributed by atoms with E-state index in [1.807, 2.05) is 17.5 Å². The molecule has 2 aromatic carbocycles. The number of rotatable bonds is 5. The molecule has 1 unspecified atom stereocenters. The Morgan fingerprint density at radius 3 is 2.44 bits per heavy atom. The molecule has 1 saturated heterocycles. The van der Waals surface area contributed by atoms with Crippen LogP contribution in [0, 0.1) is 5.82 Å². The first-order valence-corrected chi connectivity index (χ1v) is 11.1. The zero-order chi connectivity index (χ0) is 23.0. The Balaban J connectivity index is 1.91. The average Bonchev–Trinajstić information content (AvgIpc) is 3.36. The summed E-state index contributed by atoms with van der Waals surface area (Å²) in [4.78, 5) is 28.0. The zero-order valence-corrected chi connectivity index (χ0v) is 19.0. The molecule has 4 rings (SSSR count). The molecular formula is C23H16Cl2FNO4S. The monoisotopic (exact) mass is 491 g/mol. The van der Waals surface area contributed by atoms with Crippen LogP contribution < -0.4 is 4.74 Å². The van der Waals surface area contributed by atoms with Gasteiger partial charge >= 0.3 is 0 Å². The van der Waals surface area contributed by atoms with E-state index in [-0.39, 0.29) is 39.0 Å². The Kier molecular flexibility index (Phi) is 6.24. The van der Waals surface area contributed by atoms with Crippen molar-refractivity contribution in [1.29, 1.82) is 0 Å². The van der Waals surface area contributed by atoms with Crippen molar-refractivity contribution in [2.75, 3.05) is 7.11 Å². The molecule has 32 heavy (non-hydrogen) atoms. The number of likely N-dealkylation sites (tertiary alicyclic amines) is 1. The van der Waals surface area contributed by atoms with Gasteiger partial charge in [0.1, 0.15) is 11.6 Å². The number of carbonyl (C=O) groups excluding carboxylic acids is 2. The second-order valence-corrected chi connectivity index (χ2v) is 8.85. The van der Waals surface area contributed by atoms with Crippen molar-refractivity contribution in [2.24, 2.45) is 0 Å². The van der Waals surface area contributed by atoms with Crippen LogP contribution in [-0.4, -0.2) is 28.8 Å². The molecule has 0 radical (unpaired) electrons. The first-order chi connectivity index (χ1) is 15.3. The number of methoxy groups -OCH3 is 1. The fraction of sp³-hybridized carbons (Fsp3) is 0.130.